The van der Waals surface area contributed by atoms with Crippen LogP contribution in [0.5, 0.6) is 0 Å². The first kappa shape index (κ1) is 14.8. The quantitative estimate of drug-likeness (QED) is 0.631. The highest BCUT2D eigenvalue weighted by atomic mass is 16.6. The number of hydrogen-bond acceptors (Lipinski definition) is 5. The summed E-state index contributed by atoms with van der Waals surface area (Å²) in [6, 6.07) is 0.309. The second-order valence-corrected chi connectivity index (χ2v) is 5.30. The number of aromatic nitrogens is 2. The van der Waals surface area contributed by atoms with Gasteiger partial charge in [-0.2, -0.15) is 5.10 Å². The number of hydrogen-bond donors (Lipinski definition) is 1. The molecule has 112 valence electrons. The summed E-state index contributed by atoms with van der Waals surface area (Å²) in [5, 5.41) is 19.0. The summed E-state index contributed by atoms with van der Waals surface area (Å²) in [6.07, 6.45) is 3.63. The Morgan fingerprint density at radius 1 is 1.55 bits per heavy atom. The Labute approximate surface area is 119 Å². The van der Waals surface area contributed by atoms with Gasteiger partial charge in [-0.25, -0.2) is 4.68 Å². The van der Waals surface area contributed by atoms with Crippen LogP contribution >= 0.6 is 0 Å². The Hall–Kier alpha value is -1.63. The standard InChI is InChI=1S/C13H23N5O2/c1-4-6-11-12(18(19)20)13(16(3)15-11)17-8-5-7-10(17)9-14-2/h10,14H,4-9H2,1-3H3. The molecule has 1 unspecified atom stereocenters. The van der Waals surface area contributed by atoms with Crippen LogP contribution in [0.25, 0.3) is 0 Å². The molecule has 20 heavy (non-hydrogen) atoms. The second-order valence-electron chi connectivity index (χ2n) is 5.30. The van der Waals surface area contributed by atoms with E-state index in [0.29, 0.717) is 24.0 Å². The van der Waals surface area contributed by atoms with Gasteiger partial charge in [0.15, 0.2) is 0 Å². The lowest BCUT2D eigenvalue weighted by Gasteiger charge is -2.25. The highest BCUT2D eigenvalue weighted by molar-refractivity contribution is 5.62. The fraction of sp³-hybridized carbons (Fsp3) is 0.769. The number of nitrogens with one attached hydrogen (secondary N) is 1. The fourth-order valence-electron chi connectivity index (χ4n) is 3.03. The molecule has 0 saturated carbocycles. The predicted molar refractivity (Wildman–Crippen MR) is 78.2 cm³/mol. The first-order chi connectivity index (χ1) is 9.60. The van der Waals surface area contributed by atoms with Gasteiger partial charge in [-0.3, -0.25) is 10.1 Å². The molecule has 7 heteroatoms. The average Bonchev–Trinajstić information content (AvgIpc) is 2.94. The molecule has 1 aromatic rings. The van der Waals surface area contributed by atoms with E-state index < -0.39 is 0 Å². The van der Waals surface area contributed by atoms with Gasteiger partial charge in [0.1, 0.15) is 5.69 Å². The van der Waals surface area contributed by atoms with E-state index in [1.807, 2.05) is 14.0 Å². The van der Waals surface area contributed by atoms with Crippen molar-refractivity contribution < 1.29 is 4.92 Å². The monoisotopic (exact) mass is 281 g/mol. The van der Waals surface area contributed by atoms with Gasteiger partial charge in [0.2, 0.25) is 5.82 Å². The molecule has 1 aliphatic rings. The summed E-state index contributed by atoms with van der Waals surface area (Å²) >= 11 is 0. The van der Waals surface area contributed by atoms with E-state index in [9.17, 15) is 10.1 Å². The Kier molecular flexibility index (Phi) is 4.59. The Morgan fingerprint density at radius 3 is 2.90 bits per heavy atom. The van der Waals surface area contributed by atoms with Crippen LogP contribution in [0.4, 0.5) is 11.5 Å². The third kappa shape index (κ3) is 2.63. The number of nitrogens with zero attached hydrogens (tertiary/aromatic N) is 4. The smallest absolute Gasteiger partial charge is 0.334 e. The molecule has 1 aliphatic heterocycles. The molecular weight excluding hydrogens is 258 g/mol. The van der Waals surface area contributed by atoms with E-state index in [0.717, 1.165) is 32.4 Å². The van der Waals surface area contributed by atoms with E-state index >= 15 is 0 Å². The van der Waals surface area contributed by atoms with Gasteiger partial charge in [-0.05, 0) is 26.3 Å². The Bertz CT molecular complexity index is 485. The molecule has 1 aromatic heterocycles. The molecule has 1 saturated heterocycles. The lowest BCUT2D eigenvalue weighted by Crippen LogP contribution is -2.38. The molecule has 0 radical (unpaired) electrons. The molecule has 1 fully saturated rings. The number of rotatable bonds is 6. The lowest BCUT2D eigenvalue weighted by atomic mass is 10.2. The molecule has 2 rings (SSSR count). The first-order valence-corrected chi connectivity index (χ1v) is 7.21. The minimum absolute atomic E-state index is 0.192. The number of aryl methyl sites for hydroxylation is 2. The Morgan fingerprint density at radius 2 is 2.30 bits per heavy atom. The molecule has 1 N–H and O–H groups in total. The predicted octanol–water partition coefficient (Wildman–Crippen LogP) is 1.47. The summed E-state index contributed by atoms with van der Waals surface area (Å²) < 4.78 is 1.68. The van der Waals surface area contributed by atoms with Gasteiger partial charge in [0, 0.05) is 26.2 Å². The van der Waals surface area contributed by atoms with Crippen molar-refractivity contribution in [1.29, 1.82) is 0 Å². The lowest BCUT2D eigenvalue weighted by molar-refractivity contribution is -0.384. The number of nitro groups is 1. The van der Waals surface area contributed by atoms with Crippen molar-refractivity contribution >= 4 is 11.5 Å². The zero-order valence-corrected chi connectivity index (χ0v) is 12.4. The summed E-state index contributed by atoms with van der Waals surface area (Å²) in [4.78, 5) is 13.3. The SMILES string of the molecule is CCCc1nn(C)c(N2CCCC2CNC)c1[N+](=O)[O-]. The molecule has 0 spiro atoms. The normalized spacial score (nSPS) is 18.8. The van der Waals surface area contributed by atoms with Gasteiger partial charge >= 0.3 is 5.69 Å². The van der Waals surface area contributed by atoms with E-state index in [1.165, 1.54) is 0 Å². The van der Waals surface area contributed by atoms with Crippen molar-refractivity contribution in [1.82, 2.24) is 15.1 Å². The van der Waals surface area contributed by atoms with Crippen molar-refractivity contribution in [3.63, 3.8) is 0 Å². The Balaban J connectivity index is 2.41. The topological polar surface area (TPSA) is 76.2 Å². The van der Waals surface area contributed by atoms with Gasteiger partial charge in [-0.15, -0.1) is 0 Å². The average molecular weight is 281 g/mol. The maximum absolute atomic E-state index is 11.5. The van der Waals surface area contributed by atoms with E-state index in [4.69, 9.17) is 0 Å². The fourth-order valence-corrected chi connectivity index (χ4v) is 3.03. The van der Waals surface area contributed by atoms with Crippen molar-refractivity contribution in [3.05, 3.63) is 15.8 Å². The minimum Gasteiger partial charge on any atom is -0.347 e. The summed E-state index contributed by atoms with van der Waals surface area (Å²) in [7, 11) is 3.72. The van der Waals surface area contributed by atoms with Crippen LogP contribution in [0, 0.1) is 10.1 Å². The molecule has 0 aliphatic carbocycles. The number of likely N-dealkylation sites (N-methyl/N-ethyl adjacent to an activating group) is 1. The van der Waals surface area contributed by atoms with Crippen LogP contribution in [-0.4, -0.2) is 40.9 Å². The molecule has 0 bridgehead atoms. The third-order valence-electron chi connectivity index (χ3n) is 3.82. The molecular formula is C13H23N5O2. The zero-order chi connectivity index (χ0) is 14.7. The van der Waals surface area contributed by atoms with Crippen LogP contribution in [0.2, 0.25) is 0 Å². The van der Waals surface area contributed by atoms with E-state index in [1.54, 1.807) is 11.7 Å². The van der Waals surface area contributed by atoms with Crippen LogP contribution in [-0.2, 0) is 13.5 Å². The van der Waals surface area contributed by atoms with E-state index in [-0.39, 0.29) is 10.6 Å². The molecule has 0 aromatic carbocycles. The molecule has 7 nitrogen and oxygen atoms in total. The minimum atomic E-state index is -0.276. The van der Waals surface area contributed by atoms with Crippen molar-refractivity contribution in [3.8, 4) is 0 Å². The zero-order valence-electron chi connectivity index (χ0n) is 12.4. The summed E-state index contributed by atoms with van der Waals surface area (Å²) in [6.45, 7) is 3.71. The number of anilines is 1. The molecule has 2 heterocycles. The second kappa shape index (κ2) is 6.21. The van der Waals surface area contributed by atoms with Crippen LogP contribution in [0.15, 0.2) is 0 Å². The summed E-state index contributed by atoms with van der Waals surface area (Å²) in [5.41, 5.74) is 0.794. The van der Waals surface area contributed by atoms with Crippen molar-refractivity contribution in [2.75, 3.05) is 25.0 Å². The highest BCUT2D eigenvalue weighted by Crippen LogP contribution is 2.36. The first-order valence-electron chi connectivity index (χ1n) is 7.21. The van der Waals surface area contributed by atoms with Crippen LogP contribution < -0.4 is 10.2 Å². The van der Waals surface area contributed by atoms with Crippen LogP contribution in [0.1, 0.15) is 31.9 Å². The third-order valence-corrected chi connectivity index (χ3v) is 3.82. The maximum atomic E-state index is 11.5. The largest absolute Gasteiger partial charge is 0.347 e. The van der Waals surface area contributed by atoms with Gasteiger partial charge in [-0.1, -0.05) is 13.3 Å². The highest BCUT2D eigenvalue weighted by Gasteiger charge is 2.35. The van der Waals surface area contributed by atoms with Crippen LogP contribution in [0.3, 0.4) is 0 Å². The maximum Gasteiger partial charge on any atom is 0.334 e. The van der Waals surface area contributed by atoms with Gasteiger partial charge in [0.25, 0.3) is 0 Å². The van der Waals surface area contributed by atoms with E-state index in [2.05, 4.69) is 15.3 Å². The molecule has 1 atom stereocenters. The van der Waals surface area contributed by atoms with Crippen molar-refractivity contribution in [2.45, 2.75) is 38.6 Å². The van der Waals surface area contributed by atoms with Gasteiger partial charge in [0.05, 0.1) is 4.92 Å². The van der Waals surface area contributed by atoms with Gasteiger partial charge < -0.3 is 10.2 Å². The van der Waals surface area contributed by atoms with Crippen molar-refractivity contribution in [2.24, 2.45) is 7.05 Å². The summed E-state index contributed by atoms with van der Waals surface area (Å²) in [5.74, 6) is 0.663. The molecule has 0 amide bonds.